The Morgan fingerprint density at radius 1 is 1.08 bits per heavy atom. The van der Waals surface area contributed by atoms with E-state index in [-0.39, 0.29) is 24.3 Å². The van der Waals surface area contributed by atoms with Gasteiger partial charge in [-0.25, -0.2) is 4.79 Å². The van der Waals surface area contributed by atoms with Crippen molar-refractivity contribution >= 4 is 17.8 Å². The Kier molecular flexibility index (Phi) is 9.80. The van der Waals surface area contributed by atoms with E-state index in [9.17, 15) is 14.4 Å². The molecule has 0 radical (unpaired) electrons. The molecule has 3 aliphatic heterocycles. The lowest BCUT2D eigenvalue weighted by molar-refractivity contribution is -0.133. The quantitative estimate of drug-likeness (QED) is 0.432. The summed E-state index contributed by atoms with van der Waals surface area (Å²) in [6.45, 7) is 4.43. The molecule has 3 saturated heterocycles. The highest BCUT2D eigenvalue weighted by Crippen LogP contribution is 2.31. The average molecular weight is 515 g/mol. The molecule has 0 aromatic heterocycles. The van der Waals surface area contributed by atoms with E-state index in [1.807, 2.05) is 29.2 Å². The Labute approximate surface area is 220 Å². The highest BCUT2D eigenvalue weighted by molar-refractivity contribution is 6.04. The van der Waals surface area contributed by atoms with Crippen LogP contribution in [0.15, 0.2) is 24.3 Å². The van der Waals surface area contributed by atoms with Gasteiger partial charge in [0.1, 0.15) is 11.8 Å². The first-order valence-corrected chi connectivity index (χ1v) is 13.8. The van der Waals surface area contributed by atoms with E-state index in [2.05, 4.69) is 10.2 Å². The summed E-state index contributed by atoms with van der Waals surface area (Å²) in [5.74, 6) is 1.03. The maximum atomic E-state index is 13.3. The normalized spacial score (nSPS) is 24.1. The highest BCUT2D eigenvalue weighted by Gasteiger charge is 2.38. The van der Waals surface area contributed by atoms with Gasteiger partial charge in [0.2, 0.25) is 5.91 Å². The van der Waals surface area contributed by atoms with Gasteiger partial charge >= 0.3 is 6.03 Å². The van der Waals surface area contributed by atoms with Crippen LogP contribution in [0.5, 0.6) is 5.75 Å². The number of fused-ring (bicyclic) bond motifs is 1. The maximum absolute atomic E-state index is 13.3. The molecule has 3 aliphatic rings. The van der Waals surface area contributed by atoms with Crippen molar-refractivity contribution in [1.82, 2.24) is 20.0 Å². The number of rotatable bonds is 12. The summed E-state index contributed by atoms with van der Waals surface area (Å²) in [7, 11) is 3.27. The lowest BCUT2D eigenvalue weighted by Gasteiger charge is -2.45. The lowest BCUT2D eigenvalue weighted by atomic mass is 9.83. The van der Waals surface area contributed by atoms with E-state index in [0.29, 0.717) is 44.5 Å². The minimum absolute atomic E-state index is 0.0312. The number of hydrogen-bond acceptors (Lipinski definition) is 6. The predicted molar refractivity (Wildman–Crippen MR) is 140 cm³/mol. The number of nitrogens with zero attached hydrogens (tertiary/aromatic N) is 3. The summed E-state index contributed by atoms with van der Waals surface area (Å²) in [5.41, 5.74) is 1.02. The summed E-state index contributed by atoms with van der Waals surface area (Å²) in [6, 6.07) is 7.12. The molecule has 0 spiro atoms. The second kappa shape index (κ2) is 13.2. The molecule has 37 heavy (non-hydrogen) atoms. The molecule has 1 N–H and O–H groups in total. The molecule has 204 valence electrons. The van der Waals surface area contributed by atoms with Crippen LogP contribution in [0.2, 0.25) is 0 Å². The summed E-state index contributed by atoms with van der Waals surface area (Å²) >= 11 is 0. The number of carbonyl (C=O) groups is 3. The van der Waals surface area contributed by atoms with E-state index in [1.165, 1.54) is 43.7 Å². The molecule has 0 unspecified atom stereocenters. The maximum Gasteiger partial charge on any atom is 0.324 e. The fourth-order valence-corrected chi connectivity index (χ4v) is 6.04. The van der Waals surface area contributed by atoms with Crippen LogP contribution in [0.3, 0.4) is 0 Å². The first-order chi connectivity index (χ1) is 18.0. The van der Waals surface area contributed by atoms with Gasteiger partial charge in [-0.05, 0) is 75.2 Å². The van der Waals surface area contributed by atoms with Crippen LogP contribution in [0.25, 0.3) is 0 Å². The van der Waals surface area contributed by atoms with E-state index >= 15 is 0 Å². The standard InChI is InChI=1S/C28H42N4O5/c1-36-19-18-31(20-22-6-5-16-30-15-4-3-7-25(22)30)26(33)13-12-24-27(34)32(28(35)29-24)17-14-21-8-10-23(37-2)11-9-21/h8-11,22,24-25H,3-7,12-20H2,1-2H3,(H,29,35)/t22-,24-,25-/m0/s1. The molecule has 4 amide bonds. The number of benzene rings is 1. The van der Waals surface area contributed by atoms with Crippen molar-refractivity contribution < 1.29 is 23.9 Å². The summed E-state index contributed by atoms with van der Waals surface area (Å²) in [6.07, 6.45) is 7.20. The molecular formula is C28H42N4O5. The van der Waals surface area contributed by atoms with Gasteiger partial charge in [0, 0.05) is 39.2 Å². The van der Waals surface area contributed by atoms with Crippen molar-refractivity contribution in [2.24, 2.45) is 5.92 Å². The zero-order chi connectivity index (χ0) is 26.2. The number of amides is 4. The van der Waals surface area contributed by atoms with Gasteiger partial charge in [0.05, 0.1) is 13.7 Å². The predicted octanol–water partition coefficient (Wildman–Crippen LogP) is 2.68. The van der Waals surface area contributed by atoms with Crippen LogP contribution in [0.4, 0.5) is 4.79 Å². The first-order valence-electron chi connectivity index (χ1n) is 13.8. The molecule has 3 heterocycles. The smallest absolute Gasteiger partial charge is 0.324 e. The average Bonchev–Trinajstić information content (AvgIpc) is 3.20. The second-order valence-electron chi connectivity index (χ2n) is 10.5. The largest absolute Gasteiger partial charge is 0.497 e. The fraction of sp³-hybridized carbons (Fsp3) is 0.679. The Balaban J connectivity index is 1.29. The minimum Gasteiger partial charge on any atom is -0.497 e. The minimum atomic E-state index is -0.653. The zero-order valence-corrected chi connectivity index (χ0v) is 22.3. The zero-order valence-electron chi connectivity index (χ0n) is 22.3. The molecule has 9 heteroatoms. The van der Waals surface area contributed by atoms with Crippen molar-refractivity contribution in [1.29, 1.82) is 0 Å². The van der Waals surface area contributed by atoms with Gasteiger partial charge in [-0.2, -0.15) is 0 Å². The van der Waals surface area contributed by atoms with Crippen molar-refractivity contribution in [3.63, 3.8) is 0 Å². The van der Waals surface area contributed by atoms with Gasteiger partial charge in [0.15, 0.2) is 0 Å². The van der Waals surface area contributed by atoms with E-state index < -0.39 is 6.04 Å². The first kappa shape index (κ1) is 27.4. The number of imide groups is 1. The Morgan fingerprint density at radius 3 is 2.62 bits per heavy atom. The Bertz CT molecular complexity index is 922. The van der Waals surface area contributed by atoms with Crippen LogP contribution >= 0.6 is 0 Å². The van der Waals surface area contributed by atoms with Crippen LogP contribution in [0, 0.1) is 5.92 Å². The number of nitrogens with one attached hydrogen (secondary N) is 1. The number of ether oxygens (including phenoxy) is 2. The molecule has 1 aromatic carbocycles. The number of hydrogen-bond donors (Lipinski definition) is 1. The van der Waals surface area contributed by atoms with Gasteiger partial charge < -0.3 is 24.6 Å². The number of piperidine rings is 2. The third kappa shape index (κ3) is 7.02. The SMILES string of the molecule is COCCN(C[C@@H]1CCCN2CCCC[C@@H]12)C(=O)CC[C@@H]1NC(=O)N(CCc2ccc(OC)cc2)C1=O. The highest BCUT2D eigenvalue weighted by atomic mass is 16.5. The van der Waals surface area contributed by atoms with Gasteiger partial charge in [-0.15, -0.1) is 0 Å². The molecule has 4 rings (SSSR count). The fourth-order valence-electron chi connectivity index (χ4n) is 6.04. The number of carbonyl (C=O) groups excluding carboxylic acids is 3. The van der Waals surface area contributed by atoms with Crippen LogP contribution in [0.1, 0.15) is 50.5 Å². The topological polar surface area (TPSA) is 91.4 Å². The second-order valence-corrected chi connectivity index (χ2v) is 10.5. The van der Waals surface area contributed by atoms with Crippen LogP contribution in [-0.2, 0) is 20.7 Å². The Morgan fingerprint density at radius 2 is 1.86 bits per heavy atom. The molecule has 1 aromatic rings. The van der Waals surface area contributed by atoms with E-state index in [0.717, 1.165) is 24.3 Å². The van der Waals surface area contributed by atoms with Crippen molar-refractivity contribution in [3.05, 3.63) is 29.8 Å². The van der Waals surface area contributed by atoms with Crippen molar-refractivity contribution in [2.75, 3.05) is 53.6 Å². The molecule has 0 bridgehead atoms. The van der Waals surface area contributed by atoms with E-state index in [4.69, 9.17) is 9.47 Å². The molecule has 0 saturated carbocycles. The lowest BCUT2D eigenvalue weighted by Crippen LogP contribution is -2.52. The van der Waals surface area contributed by atoms with Crippen molar-refractivity contribution in [2.45, 2.75) is 63.5 Å². The molecule has 0 aliphatic carbocycles. The molecule has 3 fully saturated rings. The van der Waals surface area contributed by atoms with Gasteiger partial charge in [0.25, 0.3) is 5.91 Å². The van der Waals surface area contributed by atoms with Crippen LogP contribution in [-0.4, -0.2) is 98.2 Å². The third-order valence-corrected chi connectivity index (χ3v) is 8.14. The Hall–Kier alpha value is -2.65. The van der Waals surface area contributed by atoms with Crippen LogP contribution < -0.4 is 10.1 Å². The molecule has 9 nitrogen and oxygen atoms in total. The van der Waals surface area contributed by atoms with Gasteiger partial charge in [-0.1, -0.05) is 18.6 Å². The van der Waals surface area contributed by atoms with Gasteiger partial charge in [-0.3, -0.25) is 14.5 Å². The summed E-state index contributed by atoms with van der Waals surface area (Å²) in [5, 5.41) is 2.78. The number of methoxy groups -OCH3 is 2. The van der Waals surface area contributed by atoms with Crippen molar-refractivity contribution in [3.8, 4) is 5.75 Å². The monoisotopic (exact) mass is 514 g/mol. The summed E-state index contributed by atoms with van der Waals surface area (Å²) < 4.78 is 10.5. The number of urea groups is 1. The molecule has 3 atom stereocenters. The third-order valence-electron chi connectivity index (χ3n) is 8.14. The molecular weight excluding hydrogens is 472 g/mol. The van der Waals surface area contributed by atoms with E-state index in [1.54, 1.807) is 14.2 Å². The summed E-state index contributed by atoms with van der Waals surface area (Å²) in [4.78, 5) is 44.5.